The summed E-state index contributed by atoms with van der Waals surface area (Å²) in [6.45, 7) is 1.78. The first-order valence-corrected chi connectivity index (χ1v) is 6.79. The maximum absolute atomic E-state index is 11.8. The zero-order valence-electron chi connectivity index (χ0n) is 11.2. The quantitative estimate of drug-likeness (QED) is 0.799. The zero-order chi connectivity index (χ0) is 13.7. The number of carbonyl (C=O) groups is 2. The summed E-state index contributed by atoms with van der Waals surface area (Å²) in [5.74, 6) is 0.0409. The molecule has 1 fully saturated rings. The Balaban J connectivity index is 1.82. The Morgan fingerprint density at radius 3 is 2.68 bits per heavy atom. The summed E-state index contributed by atoms with van der Waals surface area (Å²) in [7, 11) is 0. The van der Waals surface area contributed by atoms with Crippen molar-refractivity contribution in [2.24, 2.45) is 0 Å². The highest BCUT2D eigenvalue weighted by molar-refractivity contribution is 5.95. The second-order valence-corrected chi connectivity index (χ2v) is 5.04. The van der Waals surface area contributed by atoms with Crippen LogP contribution in [0, 0.1) is 0 Å². The van der Waals surface area contributed by atoms with Crippen molar-refractivity contribution in [2.75, 3.05) is 11.9 Å². The molecule has 2 N–H and O–H groups in total. The Morgan fingerprint density at radius 2 is 2.00 bits per heavy atom. The molecule has 19 heavy (non-hydrogen) atoms. The smallest absolute Gasteiger partial charge is 0.239 e. The fourth-order valence-electron chi connectivity index (χ4n) is 2.38. The van der Waals surface area contributed by atoms with Gasteiger partial charge in [-0.15, -0.1) is 0 Å². The van der Waals surface area contributed by atoms with E-state index in [0.717, 1.165) is 18.5 Å². The van der Waals surface area contributed by atoms with E-state index in [0.29, 0.717) is 11.6 Å². The van der Waals surface area contributed by atoms with E-state index in [9.17, 15) is 9.59 Å². The van der Waals surface area contributed by atoms with Crippen LogP contribution in [0.2, 0.25) is 0 Å². The van der Waals surface area contributed by atoms with E-state index in [2.05, 4.69) is 10.6 Å². The molecule has 0 heterocycles. The zero-order valence-corrected chi connectivity index (χ0v) is 11.2. The average molecular weight is 260 g/mol. The Bertz CT molecular complexity index is 465. The van der Waals surface area contributed by atoms with Gasteiger partial charge in [0.15, 0.2) is 5.78 Å². The largest absolute Gasteiger partial charge is 0.376 e. The van der Waals surface area contributed by atoms with Crippen LogP contribution >= 0.6 is 0 Å². The molecule has 4 heteroatoms. The Morgan fingerprint density at radius 1 is 1.26 bits per heavy atom. The number of rotatable bonds is 5. The highest BCUT2D eigenvalue weighted by Gasteiger charge is 2.16. The van der Waals surface area contributed by atoms with Gasteiger partial charge in [0.2, 0.25) is 5.91 Å². The number of hydrogen-bond acceptors (Lipinski definition) is 3. The molecule has 0 bridgehead atoms. The van der Waals surface area contributed by atoms with E-state index < -0.39 is 0 Å². The lowest BCUT2D eigenvalue weighted by Gasteiger charge is -2.13. The minimum atomic E-state index is 0.0140. The molecular weight excluding hydrogens is 240 g/mol. The van der Waals surface area contributed by atoms with Crippen LogP contribution in [0.5, 0.6) is 0 Å². The number of Topliss-reactive ketones (excluding diaryl/α,β-unsaturated/α-hetero) is 1. The SMILES string of the molecule is CC(=O)c1cccc(NCC(=O)NC2CCCC2)c1. The van der Waals surface area contributed by atoms with Gasteiger partial charge in [0, 0.05) is 17.3 Å². The van der Waals surface area contributed by atoms with Gasteiger partial charge in [0.1, 0.15) is 0 Å². The molecule has 1 amide bonds. The van der Waals surface area contributed by atoms with E-state index in [4.69, 9.17) is 0 Å². The summed E-state index contributed by atoms with van der Waals surface area (Å²) in [4.78, 5) is 23.0. The van der Waals surface area contributed by atoms with Gasteiger partial charge < -0.3 is 10.6 Å². The Kier molecular flexibility index (Phi) is 4.55. The molecule has 0 saturated heterocycles. The van der Waals surface area contributed by atoms with Crippen molar-refractivity contribution < 1.29 is 9.59 Å². The molecule has 102 valence electrons. The number of hydrogen-bond donors (Lipinski definition) is 2. The van der Waals surface area contributed by atoms with Crippen molar-refractivity contribution in [1.29, 1.82) is 0 Å². The van der Waals surface area contributed by atoms with E-state index in [-0.39, 0.29) is 18.2 Å². The van der Waals surface area contributed by atoms with E-state index in [1.807, 2.05) is 12.1 Å². The molecule has 0 radical (unpaired) electrons. The van der Waals surface area contributed by atoms with Gasteiger partial charge >= 0.3 is 0 Å². The average Bonchev–Trinajstić information content (AvgIpc) is 2.89. The molecule has 0 aliphatic heterocycles. The molecule has 1 aliphatic rings. The summed E-state index contributed by atoms with van der Waals surface area (Å²) in [5, 5.41) is 6.07. The fourth-order valence-corrected chi connectivity index (χ4v) is 2.38. The van der Waals surface area contributed by atoms with Gasteiger partial charge in [-0.25, -0.2) is 0 Å². The highest BCUT2D eigenvalue weighted by Crippen LogP contribution is 2.17. The summed E-state index contributed by atoms with van der Waals surface area (Å²) < 4.78 is 0. The van der Waals surface area contributed by atoms with E-state index >= 15 is 0 Å². The van der Waals surface area contributed by atoms with Crippen LogP contribution in [0.3, 0.4) is 0 Å². The van der Waals surface area contributed by atoms with Crippen molar-refractivity contribution in [3.8, 4) is 0 Å². The molecule has 1 aromatic carbocycles. The lowest BCUT2D eigenvalue weighted by molar-refractivity contribution is -0.120. The minimum absolute atomic E-state index is 0.0140. The van der Waals surface area contributed by atoms with Crippen LogP contribution in [0.25, 0.3) is 0 Å². The number of nitrogens with one attached hydrogen (secondary N) is 2. The first-order chi connectivity index (χ1) is 9.15. The molecule has 1 aliphatic carbocycles. The molecule has 0 spiro atoms. The summed E-state index contributed by atoms with van der Waals surface area (Å²) in [6.07, 6.45) is 4.59. The molecule has 1 aromatic rings. The van der Waals surface area contributed by atoms with Gasteiger partial charge in [0.25, 0.3) is 0 Å². The molecule has 4 nitrogen and oxygen atoms in total. The van der Waals surface area contributed by atoms with Gasteiger partial charge in [-0.2, -0.15) is 0 Å². The molecule has 2 rings (SSSR count). The highest BCUT2D eigenvalue weighted by atomic mass is 16.2. The predicted molar refractivity (Wildman–Crippen MR) is 75.3 cm³/mol. The van der Waals surface area contributed by atoms with Gasteiger partial charge in [0.05, 0.1) is 6.54 Å². The monoisotopic (exact) mass is 260 g/mol. The van der Waals surface area contributed by atoms with Crippen LogP contribution in [0.4, 0.5) is 5.69 Å². The first kappa shape index (κ1) is 13.6. The first-order valence-electron chi connectivity index (χ1n) is 6.79. The maximum Gasteiger partial charge on any atom is 0.239 e. The summed E-state index contributed by atoms with van der Waals surface area (Å²) in [6, 6.07) is 7.55. The number of carbonyl (C=O) groups excluding carboxylic acids is 2. The van der Waals surface area contributed by atoms with Crippen molar-refractivity contribution in [2.45, 2.75) is 38.6 Å². The molecule has 0 atom stereocenters. The van der Waals surface area contributed by atoms with E-state index in [1.165, 1.54) is 19.8 Å². The number of benzene rings is 1. The Labute approximate surface area is 113 Å². The summed E-state index contributed by atoms with van der Waals surface area (Å²) in [5.41, 5.74) is 1.45. The van der Waals surface area contributed by atoms with Crippen molar-refractivity contribution in [1.82, 2.24) is 5.32 Å². The number of ketones is 1. The van der Waals surface area contributed by atoms with Crippen LogP contribution in [0.1, 0.15) is 43.0 Å². The van der Waals surface area contributed by atoms with Gasteiger partial charge in [-0.1, -0.05) is 25.0 Å². The van der Waals surface area contributed by atoms with Crippen LogP contribution in [-0.4, -0.2) is 24.3 Å². The standard InChI is InChI=1S/C15H20N2O2/c1-11(18)12-5-4-8-14(9-12)16-10-15(19)17-13-6-2-3-7-13/h4-5,8-9,13,16H,2-3,6-7,10H2,1H3,(H,17,19). The van der Waals surface area contributed by atoms with Crippen LogP contribution < -0.4 is 10.6 Å². The lowest BCUT2D eigenvalue weighted by Crippen LogP contribution is -2.36. The second-order valence-electron chi connectivity index (χ2n) is 5.04. The number of anilines is 1. The third kappa shape index (κ3) is 4.09. The topological polar surface area (TPSA) is 58.2 Å². The van der Waals surface area contributed by atoms with Gasteiger partial charge in [-0.3, -0.25) is 9.59 Å². The van der Waals surface area contributed by atoms with E-state index in [1.54, 1.807) is 12.1 Å². The predicted octanol–water partition coefficient (Wildman–Crippen LogP) is 2.36. The maximum atomic E-state index is 11.8. The molecular formula is C15H20N2O2. The van der Waals surface area contributed by atoms with Crippen LogP contribution in [0.15, 0.2) is 24.3 Å². The lowest BCUT2D eigenvalue weighted by atomic mass is 10.1. The van der Waals surface area contributed by atoms with Gasteiger partial charge in [-0.05, 0) is 31.9 Å². The summed E-state index contributed by atoms with van der Waals surface area (Å²) >= 11 is 0. The van der Waals surface area contributed by atoms with Crippen molar-refractivity contribution in [3.05, 3.63) is 29.8 Å². The van der Waals surface area contributed by atoms with Crippen molar-refractivity contribution in [3.63, 3.8) is 0 Å². The number of amides is 1. The van der Waals surface area contributed by atoms with Crippen molar-refractivity contribution >= 4 is 17.4 Å². The third-order valence-corrected chi connectivity index (χ3v) is 3.44. The second kappa shape index (κ2) is 6.36. The Hall–Kier alpha value is -1.84. The molecule has 1 saturated carbocycles. The minimum Gasteiger partial charge on any atom is -0.376 e. The van der Waals surface area contributed by atoms with Crippen LogP contribution in [-0.2, 0) is 4.79 Å². The fraction of sp³-hybridized carbons (Fsp3) is 0.467. The molecule has 0 unspecified atom stereocenters. The third-order valence-electron chi connectivity index (χ3n) is 3.44. The molecule has 0 aromatic heterocycles. The normalized spacial score (nSPS) is 15.2.